The SMILES string of the molecule is C[C@@H]1CN(C(=O)OC(C)(C)C)CCN1c1ccc(C(=O)Nc2ccc(Br)c(F)c2)cn1. The number of carbonyl (C=O) groups is 2. The second kappa shape index (κ2) is 9.21. The van der Waals surface area contributed by atoms with Gasteiger partial charge < -0.3 is 19.9 Å². The molecular formula is C22H26BrFN4O3. The van der Waals surface area contributed by atoms with E-state index >= 15 is 0 Å². The van der Waals surface area contributed by atoms with Crippen molar-refractivity contribution in [2.24, 2.45) is 0 Å². The third kappa shape index (κ3) is 5.94. The normalized spacial score (nSPS) is 16.8. The standard InChI is InChI=1S/C22H26BrFN4O3/c1-14-13-27(21(30)31-22(2,3)4)9-10-28(14)19-8-5-15(12-25-19)20(29)26-16-6-7-17(23)18(24)11-16/h5-8,11-12,14H,9-10,13H2,1-4H3,(H,26,29)/t14-/m1/s1. The summed E-state index contributed by atoms with van der Waals surface area (Å²) >= 11 is 3.08. The number of nitrogens with one attached hydrogen (secondary N) is 1. The first kappa shape index (κ1) is 23.0. The van der Waals surface area contributed by atoms with Crippen molar-refractivity contribution in [1.82, 2.24) is 9.88 Å². The number of aromatic nitrogens is 1. The van der Waals surface area contributed by atoms with Crippen molar-refractivity contribution in [2.75, 3.05) is 29.9 Å². The van der Waals surface area contributed by atoms with Gasteiger partial charge in [0, 0.05) is 37.6 Å². The fourth-order valence-corrected chi connectivity index (χ4v) is 3.50. The number of piperazine rings is 1. The van der Waals surface area contributed by atoms with Gasteiger partial charge in [0.2, 0.25) is 0 Å². The lowest BCUT2D eigenvalue weighted by atomic mass is 10.1. The highest BCUT2D eigenvalue weighted by molar-refractivity contribution is 9.10. The predicted molar refractivity (Wildman–Crippen MR) is 121 cm³/mol. The van der Waals surface area contributed by atoms with Gasteiger partial charge in [-0.1, -0.05) is 0 Å². The van der Waals surface area contributed by atoms with Gasteiger partial charge in [-0.2, -0.15) is 0 Å². The molecule has 1 aromatic carbocycles. The Morgan fingerprint density at radius 2 is 1.97 bits per heavy atom. The van der Waals surface area contributed by atoms with Crippen molar-refractivity contribution in [1.29, 1.82) is 0 Å². The van der Waals surface area contributed by atoms with E-state index in [-0.39, 0.29) is 18.0 Å². The second-order valence-corrected chi connectivity index (χ2v) is 9.31. The molecule has 1 aliphatic rings. The van der Waals surface area contributed by atoms with Crippen molar-refractivity contribution in [3.05, 3.63) is 52.4 Å². The second-order valence-electron chi connectivity index (χ2n) is 8.46. The number of nitrogens with zero attached hydrogens (tertiary/aromatic N) is 3. The number of ether oxygens (including phenoxy) is 1. The Kier molecular flexibility index (Phi) is 6.83. The molecule has 0 bridgehead atoms. The third-order valence-corrected chi connectivity index (χ3v) is 5.40. The van der Waals surface area contributed by atoms with Crippen molar-refractivity contribution in [2.45, 2.75) is 39.3 Å². The lowest BCUT2D eigenvalue weighted by Gasteiger charge is -2.40. The van der Waals surface area contributed by atoms with Gasteiger partial charge >= 0.3 is 6.09 Å². The van der Waals surface area contributed by atoms with Crippen LogP contribution in [0.5, 0.6) is 0 Å². The predicted octanol–water partition coefficient (Wildman–Crippen LogP) is 4.68. The van der Waals surface area contributed by atoms with Crippen LogP contribution in [0.15, 0.2) is 41.0 Å². The van der Waals surface area contributed by atoms with Crippen molar-refractivity contribution in [3.63, 3.8) is 0 Å². The maximum Gasteiger partial charge on any atom is 0.410 e. The van der Waals surface area contributed by atoms with Crippen LogP contribution < -0.4 is 10.2 Å². The van der Waals surface area contributed by atoms with Crippen LogP contribution in [0.3, 0.4) is 0 Å². The third-order valence-electron chi connectivity index (χ3n) is 4.76. The highest BCUT2D eigenvalue weighted by atomic mass is 79.9. The first-order chi connectivity index (χ1) is 14.5. The van der Waals surface area contributed by atoms with Gasteiger partial charge in [-0.25, -0.2) is 14.2 Å². The van der Waals surface area contributed by atoms with E-state index in [4.69, 9.17) is 4.74 Å². The highest BCUT2D eigenvalue weighted by Gasteiger charge is 2.30. The lowest BCUT2D eigenvalue weighted by Crippen LogP contribution is -2.54. The molecular weight excluding hydrogens is 467 g/mol. The quantitative estimate of drug-likeness (QED) is 0.672. The summed E-state index contributed by atoms with van der Waals surface area (Å²) in [5.41, 5.74) is 0.200. The molecule has 9 heteroatoms. The molecule has 0 saturated carbocycles. The number of carbonyl (C=O) groups excluding carboxylic acids is 2. The largest absolute Gasteiger partial charge is 0.444 e. The molecule has 1 fully saturated rings. The van der Waals surface area contributed by atoms with Crippen LogP contribution in [0.1, 0.15) is 38.1 Å². The minimum Gasteiger partial charge on any atom is -0.444 e. The molecule has 0 radical (unpaired) electrons. The van der Waals surface area contributed by atoms with E-state index in [9.17, 15) is 14.0 Å². The Morgan fingerprint density at radius 1 is 1.23 bits per heavy atom. The molecule has 2 amide bonds. The molecule has 1 atom stereocenters. The van der Waals surface area contributed by atoms with E-state index in [1.165, 1.54) is 18.3 Å². The number of anilines is 2. The number of pyridine rings is 1. The summed E-state index contributed by atoms with van der Waals surface area (Å²) in [5.74, 6) is -0.100. The topological polar surface area (TPSA) is 74.8 Å². The van der Waals surface area contributed by atoms with Gasteiger partial charge in [0.1, 0.15) is 17.2 Å². The number of rotatable bonds is 3. The number of hydrogen-bond donors (Lipinski definition) is 1. The zero-order valence-electron chi connectivity index (χ0n) is 18.0. The van der Waals surface area contributed by atoms with Crippen molar-refractivity contribution < 1.29 is 18.7 Å². The summed E-state index contributed by atoms with van der Waals surface area (Å²) in [5, 5.41) is 2.66. The fourth-order valence-electron chi connectivity index (χ4n) is 3.26. The van der Waals surface area contributed by atoms with E-state index in [1.54, 1.807) is 23.1 Å². The van der Waals surface area contributed by atoms with Gasteiger partial charge in [-0.15, -0.1) is 0 Å². The Morgan fingerprint density at radius 3 is 2.55 bits per heavy atom. The molecule has 166 valence electrons. The molecule has 31 heavy (non-hydrogen) atoms. The smallest absolute Gasteiger partial charge is 0.410 e. The molecule has 1 saturated heterocycles. The molecule has 0 aliphatic carbocycles. The summed E-state index contributed by atoms with van der Waals surface area (Å²) in [6, 6.07) is 7.88. The Labute approximate surface area is 189 Å². The number of amides is 2. The number of halogens is 2. The molecule has 0 spiro atoms. The summed E-state index contributed by atoms with van der Waals surface area (Å²) in [7, 11) is 0. The van der Waals surface area contributed by atoms with Crippen LogP contribution in [0.4, 0.5) is 20.7 Å². The van der Waals surface area contributed by atoms with E-state index in [0.29, 0.717) is 35.4 Å². The van der Waals surface area contributed by atoms with Crippen LogP contribution >= 0.6 is 15.9 Å². The van der Waals surface area contributed by atoms with E-state index < -0.39 is 11.4 Å². The number of hydrogen-bond acceptors (Lipinski definition) is 5. The molecule has 3 rings (SSSR count). The molecule has 7 nitrogen and oxygen atoms in total. The van der Waals surface area contributed by atoms with Crippen LogP contribution in [-0.2, 0) is 4.74 Å². The van der Waals surface area contributed by atoms with Crippen LogP contribution in [0.2, 0.25) is 0 Å². The maximum atomic E-state index is 13.6. The molecule has 1 aromatic heterocycles. The lowest BCUT2D eigenvalue weighted by molar-refractivity contribution is 0.0218. The summed E-state index contributed by atoms with van der Waals surface area (Å²) in [4.78, 5) is 33.0. The average molecular weight is 493 g/mol. The first-order valence-electron chi connectivity index (χ1n) is 10.0. The summed E-state index contributed by atoms with van der Waals surface area (Å²) < 4.78 is 19.4. The van der Waals surface area contributed by atoms with E-state index in [1.807, 2.05) is 27.7 Å². The zero-order chi connectivity index (χ0) is 22.8. The van der Waals surface area contributed by atoms with Crippen LogP contribution in [0, 0.1) is 5.82 Å². The monoisotopic (exact) mass is 492 g/mol. The Balaban J connectivity index is 1.61. The highest BCUT2D eigenvalue weighted by Crippen LogP contribution is 2.22. The van der Waals surface area contributed by atoms with Crippen molar-refractivity contribution in [3.8, 4) is 0 Å². The minimum atomic E-state index is -0.530. The van der Waals surface area contributed by atoms with Gasteiger partial charge in [-0.05, 0) is 74.0 Å². The average Bonchev–Trinajstić information content (AvgIpc) is 2.69. The molecule has 1 aliphatic heterocycles. The maximum absolute atomic E-state index is 13.6. The summed E-state index contributed by atoms with van der Waals surface area (Å²) in [6.07, 6.45) is 1.18. The first-order valence-corrected chi connectivity index (χ1v) is 10.8. The molecule has 2 heterocycles. The molecule has 1 N–H and O–H groups in total. The van der Waals surface area contributed by atoms with E-state index in [0.717, 1.165) is 5.82 Å². The van der Waals surface area contributed by atoms with Crippen LogP contribution in [0.25, 0.3) is 0 Å². The summed E-state index contributed by atoms with van der Waals surface area (Å²) in [6.45, 7) is 9.21. The Hall–Kier alpha value is -2.68. The molecule has 0 unspecified atom stereocenters. The van der Waals surface area contributed by atoms with Crippen LogP contribution in [-0.4, -0.2) is 53.2 Å². The van der Waals surface area contributed by atoms with Gasteiger partial charge in [0.25, 0.3) is 5.91 Å². The molecule has 2 aromatic rings. The Bertz CT molecular complexity index is 962. The van der Waals surface area contributed by atoms with Gasteiger partial charge in [0.15, 0.2) is 0 Å². The zero-order valence-corrected chi connectivity index (χ0v) is 19.6. The van der Waals surface area contributed by atoms with Gasteiger partial charge in [0.05, 0.1) is 10.0 Å². The fraction of sp³-hybridized carbons (Fsp3) is 0.409. The minimum absolute atomic E-state index is 0.0409. The van der Waals surface area contributed by atoms with Crippen molar-refractivity contribution >= 4 is 39.4 Å². The van der Waals surface area contributed by atoms with E-state index in [2.05, 4.69) is 31.1 Å². The number of benzene rings is 1. The van der Waals surface area contributed by atoms with Gasteiger partial charge in [-0.3, -0.25) is 4.79 Å².